The van der Waals surface area contributed by atoms with Gasteiger partial charge in [-0.1, -0.05) is 0 Å². The van der Waals surface area contributed by atoms with Crippen LogP contribution in [0.3, 0.4) is 0 Å². The monoisotopic (exact) mass is 213 g/mol. The second kappa shape index (κ2) is 5.11. The number of aliphatic hydroxyl groups is 1. The standard InChI is InChI=1S/C8H11N3O4/c12-6(8(14)15)1-2-9-7(13)5-3-10-11-4-5/h3-4,6,12H,1-2H2,(H,9,13)(H,10,11)(H,14,15). The molecular formula is C8H11N3O4. The van der Waals surface area contributed by atoms with Gasteiger partial charge in [0.05, 0.1) is 11.8 Å². The van der Waals surface area contributed by atoms with Crippen LogP contribution >= 0.6 is 0 Å². The van der Waals surface area contributed by atoms with Gasteiger partial charge in [0.2, 0.25) is 0 Å². The number of carboxylic acids is 1. The number of nitrogens with one attached hydrogen (secondary N) is 2. The van der Waals surface area contributed by atoms with Crippen LogP contribution < -0.4 is 5.32 Å². The zero-order chi connectivity index (χ0) is 11.3. The molecule has 0 fully saturated rings. The predicted molar refractivity (Wildman–Crippen MR) is 49.2 cm³/mol. The minimum atomic E-state index is -1.45. The Morgan fingerprint density at radius 2 is 2.33 bits per heavy atom. The molecule has 1 atom stereocenters. The molecule has 0 aliphatic carbocycles. The average Bonchev–Trinajstić information content (AvgIpc) is 2.70. The summed E-state index contributed by atoms with van der Waals surface area (Å²) in [6, 6.07) is 0. The fourth-order valence-corrected chi connectivity index (χ4v) is 0.923. The largest absolute Gasteiger partial charge is 0.479 e. The van der Waals surface area contributed by atoms with Crippen molar-refractivity contribution in [3.05, 3.63) is 18.0 Å². The Labute approximate surface area is 85.1 Å². The number of rotatable bonds is 5. The van der Waals surface area contributed by atoms with Gasteiger partial charge in [-0.15, -0.1) is 0 Å². The second-order valence-corrected chi connectivity index (χ2v) is 2.89. The summed E-state index contributed by atoms with van der Waals surface area (Å²) in [6.45, 7) is 0.0947. The minimum absolute atomic E-state index is 0.0288. The van der Waals surface area contributed by atoms with Gasteiger partial charge in [-0.25, -0.2) is 4.79 Å². The van der Waals surface area contributed by atoms with Gasteiger partial charge in [-0.3, -0.25) is 9.89 Å². The maximum absolute atomic E-state index is 11.3. The van der Waals surface area contributed by atoms with Gasteiger partial charge in [0.25, 0.3) is 5.91 Å². The molecule has 7 heteroatoms. The zero-order valence-corrected chi connectivity index (χ0v) is 7.80. The van der Waals surface area contributed by atoms with E-state index in [4.69, 9.17) is 10.2 Å². The van der Waals surface area contributed by atoms with E-state index in [0.29, 0.717) is 5.56 Å². The van der Waals surface area contributed by atoms with E-state index in [1.54, 1.807) is 0 Å². The van der Waals surface area contributed by atoms with Gasteiger partial charge in [0, 0.05) is 19.2 Å². The number of carboxylic acid groups (broad SMARTS) is 1. The zero-order valence-electron chi connectivity index (χ0n) is 7.80. The molecule has 7 nitrogen and oxygen atoms in total. The van der Waals surface area contributed by atoms with E-state index in [1.807, 2.05) is 0 Å². The Hall–Kier alpha value is -1.89. The molecule has 0 aromatic carbocycles. The summed E-state index contributed by atoms with van der Waals surface area (Å²) < 4.78 is 0. The minimum Gasteiger partial charge on any atom is -0.479 e. The summed E-state index contributed by atoms with van der Waals surface area (Å²) in [5.41, 5.74) is 0.361. The lowest BCUT2D eigenvalue weighted by atomic mass is 10.2. The molecule has 1 heterocycles. The van der Waals surface area contributed by atoms with Crippen LogP contribution in [0.2, 0.25) is 0 Å². The maximum Gasteiger partial charge on any atom is 0.332 e. The molecule has 1 aromatic heterocycles. The fourth-order valence-electron chi connectivity index (χ4n) is 0.923. The highest BCUT2D eigenvalue weighted by Gasteiger charge is 2.13. The molecule has 0 bridgehead atoms. The number of aliphatic hydroxyl groups excluding tert-OH is 1. The van der Waals surface area contributed by atoms with E-state index < -0.39 is 12.1 Å². The highest BCUT2D eigenvalue weighted by Crippen LogP contribution is 1.94. The summed E-state index contributed by atoms with van der Waals surface area (Å²) in [7, 11) is 0. The molecule has 1 amide bonds. The summed E-state index contributed by atoms with van der Waals surface area (Å²) in [5.74, 6) is -1.66. The Bertz CT molecular complexity index is 336. The van der Waals surface area contributed by atoms with Gasteiger partial charge in [0.1, 0.15) is 0 Å². The number of hydrogen-bond donors (Lipinski definition) is 4. The first-order valence-electron chi connectivity index (χ1n) is 4.29. The van der Waals surface area contributed by atoms with Crippen molar-refractivity contribution in [2.45, 2.75) is 12.5 Å². The lowest BCUT2D eigenvalue weighted by Crippen LogP contribution is -2.29. The number of aromatic nitrogens is 2. The molecule has 15 heavy (non-hydrogen) atoms. The van der Waals surface area contributed by atoms with Gasteiger partial charge < -0.3 is 15.5 Å². The van der Waals surface area contributed by atoms with Gasteiger partial charge in [0.15, 0.2) is 6.10 Å². The second-order valence-electron chi connectivity index (χ2n) is 2.89. The average molecular weight is 213 g/mol. The fraction of sp³-hybridized carbons (Fsp3) is 0.375. The molecule has 4 N–H and O–H groups in total. The molecule has 1 rings (SSSR count). The van der Waals surface area contributed by atoms with Crippen LogP contribution in [0, 0.1) is 0 Å². The van der Waals surface area contributed by atoms with Gasteiger partial charge >= 0.3 is 5.97 Å². The molecule has 0 saturated heterocycles. The SMILES string of the molecule is O=C(NCCC(O)C(=O)O)c1cn[nH]c1. The van der Waals surface area contributed by atoms with E-state index in [1.165, 1.54) is 12.4 Å². The number of carbonyl (C=O) groups excluding carboxylic acids is 1. The Morgan fingerprint density at radius 3 is 2.87 bits per heavy atom. The first-order valence-corrected chi connectivity index (χ1v) is 4.29. The third kappa shape index (κ3) is 3.39. The number of aliphatic carboxylic acids is 1. The summed E-state index contributed by atoms with van der Waals surface area (Å²) in [5, 5.41) is 25.8. The first-order chi connectivity index (χ1) is 7.11. The lowest BCUT2D eigenvalue weighted by molar-refractivity contribution is -0.146. The highest BCUT2D eigenvalue weighted by atomic mass is 16.4. The summed E-state index contributed by atoms with van der Waals surface area (Å²) in [4.78, 5) is 21.5. The number of H-pyrrole nitrogens is 1. The van der Waals surface area contributed by atoms with E-state index in [0.717, 1.165) is 0 Å². The van der Waals surface area contributed by atoms with Gasteiger partial charge in [-0.2, -0.15) is 5.10 Å². The lowest BCUT2D eigenvalue weighted by Gasteiger charge is -2.05. The number of carbonyl (C=O) groups is 2. The molecule has 1 aromatic rings. The molecule has 0 saturated carbocycles. The summed E-state index contributed by atoms with van der Waals surface area (Å²) in [6.07, 6.45) is 1.29. The molecule has 0 radical (unpaired) electrons. The number of nitrogens with zero attached hydrogens (tertiary/aromatic N) is 1. The van der Waals surface area contributed by atoms with Crippen LogP contribution in [-0.2, 0) is 4.79 Å². The van der Waals surface area contributed by atoms with Crippen LogP contribution in [0.5, 0.6) is 0 Å². The number of amides is 1. The van der Waals surface area contributed by atoms with E-state index in [2.05, 4.69) is 15.5 Å². The van der Waals surface area contributed by atoms with E-state index >= 15 is 0 Å². The molecule has 82 valence electrons. The highest BCUT2D eigenvalue weighted by molar-refractivity contribution is 5.93. The van der Waals surface area contributed by atoms with Crippen molar-refractivity contribution in [2.24, 2.45) is 0 Å². The van der Waals surface area contributed by atoms with Crippen LogP contribution in [-0.4, -0.2) is 44.9 Å². The first kappa shape index (κ1) is 11.2. The van der Waals surface area contributed by atoms with Gasteiger partial charge in [-0.05, 0) is 0 Å². The number of aromatic amines is 1. The molecule has 1 unspecified atom stereocenters. The quantitative estimate of drug-likeness (QED) is 0.499. The third-order valence-electron chi connectivity index (χ3n) is 1.75. The topological polar surface area (TPSA) is 115 Å². The van der Waals surface area contributed by atoms with Crippen molar-refractivity contribution in [1.82, 2.24) is 15.5 Å². The predicted octanol–water partition coefficient (Wildman–Crippen LogP) is -1.02. The molecule has 0 aliphatic heterocycles. The van der Waals surface area contributed by atoms with Crippen molar-refractivity contribution in [1.29, 1.82) is 0 Å². The Kier molecular flexibility index (Phi) is 3.81. The maximum atomic E-state index is 11.3. The van der Waals surface area contributed by atoms with Crippen molar-refractivity contribution in [3.63, 3.8) is 0 Å². The van der Waals surface area contributed by atoms with Crippen molar-refractivity contribution in [3.8, 4) is 0 Å². The smallest absolute Gasteiger partial charge is 0.332 e. The third-order valence-corrected chi connectivity index (χ3v) is 1.75. The Balaban J connectivity index is 2.27. The van der Waals surface area contributed by atoms with Crippen LogP contribution in [0.4, 0.5) is 0 Å². The van der Waals surface area contributed by atoms with E-state index in [-0.39, 0.29) is 18.9 Å². The van der Waals surface area contributed by atoms with Crippen molar-refractivity contribution in [2.75, 3.05) is 6.54 Å². The molecule has 0 spiro atoms. The van der Waals surface area contributed by atoms with Crippen molar-refractivity contribution >= 4 is 11.9 Å². The van der Waals surface area contributed by atoms with Crippen LogP contribution in [0.1, 0.15) is 16.8 Å². The normalized spacial score (nSPS) is 12.1. The number of hydrogen-bond acceptors (Lipinski definition) is 4. The Morgan fingerprint density at radius 1 is 1.60 bits per heavy atom. The van der Waals surface area contributed by atoms with E-state index in [9.17, 15) is 9.59 Å². The van der Waals surface area contributed by atoms with Crippen LogP contribution in [0.25, 0.3) is 0 Å². The van der Waals surface area contributed by atoms with Crippen molar-refractivity contribution < 1.29 is 19.8 Å². The summed E-state index contributed by atoms with van der Waals surface area (Å²) >= 11 is 0. The molecular weight excluding hydrogens is 202 g/mol. The molecule has 0 aliphatic rings. The van der Waals surface area contributed by atoms with Crippen LogP contribution in [0.15, 0.2) is 12.4 Å².